The summed E-state index contributed by atoms with van der Waals surface area (Å²) < 4.78 is 24.0. The molecular weight excluding hydrogens is 590 g/mol. The first-order valence-electron chi connectivity index (χ1n) is 15.9. The summed E-state index contributed by atoms with van der Waals surface area (Å²) in [5, 5.41) is 3.00. The lowest BCUT2D eigenvalue weighted by Crippen LogP contribution is -2.41. The Balaban J connectivity index is 1.33. The van der Waals surface area contributed by atoms with Crippen LogP contribution < -0.4 is 19.5 Å². The number of benzene rings is 2. The van der Waals surface area contributed by atoms with Crippen LogP contribution >= 0.6 is 0 Å². The molecule has 1 unspecified atom stereocenters. The summed E-state index contributed by atoms with van der Waals surface area (Å²) in [7, 11) is 1.59. The molecule has 0 radical (unpaired) electrons. The predicted octanol–water partition coefficient (Wildman–Crippen LogP) is 3.49. The third-order valence-corrected chi connectivity index (χ3v) is 8.43. The highest BCUT2D eigenvalue weighted by Gasteiger charge is 2.29. The van der Waals surface area contributed by atoms with Crippen LogP contribution in [-0.4, -0.2) is 96.7 Å². The second kappa shape index (κ2) is 14.6. The van der Waals surface area contributed by atoms with Crippen molar-refractivity contribution in [2.24, 2.45) is 0 Å². The van der Waals surface area contributed by atoms with Crippen molar-refractivity contribution in [2.45, 2.75) is 44.8 Å². The van der Waals surface area contributed by atoms with Crippen LogP contribution in [0.2, 0.25) is 0 Å². The van der Waals surface area contributed by atoms with Crippen molar-refractivity contribution in [1.29, 1.82) is 0 Å². The van der Waals surface area contributed by atoms with Gasteiger partial charge in [-0.05, 0) is 68.0 Å². The molecule has 242 valence electrons. The van der Waals surface area contributed by atoms with Gasteiger partial charge >= 0.3 is 0 Å². The number of hydrogen-bond acceptors (Lipinski definition) is 9. The number of aromatic nitrogens is 2. The van der Waals surface area contributed by atoms with Crippen LogP contribution in [0, 0.1) is 0 Å². The minimum Gasteiger partial charge on any atom is -0.496 e. The molecule has 1 atom stereocenters. The second-order valence-corrected chi connectivity index (χ2v) is 11.5. The molecule has 0 saturated carbocycles. The fourth-order valence-electron chi connectivity index (χ4n) is 6.04. The number of methoxy groups -OCH3 is 1. The SMILES string of the molecule is COc1ccc2cc1-c1cc3c(c(c1)OCCCCN(C(=O)C1CCCO1)CCCNC2=O)OCCN(C(=O)c1cnccn1)C3. The largest absolute Gasteiger partial charge is 0.496 e. The smallest absolute Gasteiger partial charge is 0.274 e. The van der Waals surface area contributed by atoms with Crippen LogP contribution in [0.3, 0.4) is 0 Å². The van der Waals surface area contributed by atoms with Crippen LogP contribution in [-0.2, 0) is 16.1 Å². The first-order chi connectivity index (χ1) is 22.5. The van der Waals surface area contributed by atoms with E-state index in [2.05, 4.69) is 15.3 Å². The number of hydrogen-bond donors (Lipinski definition) is 1. The third-order valence-electron chi connectivity index (χ3n) is 8.43. The number of carbonyl (C=O) groups is 3. The molecular formula is C34H39N5O7. The molecule has 12 nitrogen and oxygen atoms in total. The van der Waals surface area contributed by atoms with E-state index in [9.17, 15) is 14.4 Å². The van der Waals surface area contributed by atoms with E-state index in [0.717, 1.165) is 30.4 Å². The van der Waals surface area contributed by atoms with Gasteiger partial charge in [-0.1, -0.05) is 0 Å². The van der Waals surface area contributed by atoms with Crippen molar-refractivity contribution in [2.75, 3.05) is 53.1 Å². The zero-order valence-electron chi connectivity index (χ0n) is 26.0. The molecule has 1 fully saturated rings. The Morgan fingerprint density at radius 2 is 1.83 bits per heavy atom. The molecule has 3 aliphatic heterocycles. The standard InChI is InChI=1S/C34H39N5O7/c1-43-28-8-7-23-19-26(28)24-18-25-22-39(33(41)27-21-35-10-11-36-27)14-17-46-31(25)30(20-24)45-15-3-2-12-38(13-5-9-37-32(23)40)34(42)29-6-4-16-44-29/h7-8,10-11,18-21,29H,2-6,9,12-17,22H2,1H3,(H,37,40). The Bertz CT molecular complexity index is 1560. The molecule has 0 aliphatic carbocycles. The summed E-state index contributed by atoms with van der Waals surface area (Å²) in [6.07, 6.45) is 7.77. The maximum absolute atomic E-state index is 13.4. The molecule has 1 N–H and O–H groups in total. The van der Waals surface area contributed by atoms with Gasteiger partial charge in [-0.25, -0.2) is 4.98 Å². The Kier molecular flexibility index (Phi) is 9.92. The van der Waals surface area contributed by atoms with Crippen LogP contribution in [0.5, 0.6) is 17.2 Å². The van der Waals surface area contributed by atoms with Crippen LogP contribution in [0.15, 0.2) is 48.9 Å². The summed E-state index contributed by atoms with van der Waals surface area (Å²) in [6.45, 7) is 3.42. The molecule has 3 amide bonds. The number of ether oxygens (including phenoxy) is 4. The molecule has 1 saturated heterocycles. The van der Waals surface area contributed by atoms with Gasteiger partial charge in [-0.2, -0.15) is 0 Å². The molecule has 4 bridgehead atoms. The molecule has 2 aromatic carbocycles. The van der Waals surface area contributed by atoms with Crippen molar-refractivity contribution in [1.82, 2.24) is 25.1 Å². The number of rotatable bonds is 3. The zero-order chi connectivity index (χ0) is 31.9. The summed E-state index contributed by atoms with van der Waals surface area (Å²) in [5.74, 6) is 1.23. The highest BCUT2D eigenvalue weighted by Crippen LogP contribution is 2.41. The van der Waals surface area contributed by atoms with Gasteiger partial charge in [0.2, 0.25) is 0 Å². The average Bonchev–Trinajstić information content (AvgIpc) is 3.54. The highest BCUT2D eigenvalue weighted by atomic mass is 16.5. The van der Waals surface area contributed by atoms with E-state index in [0.29, 0.717) is 80.6 Å². The topological polar surface area (TPSA) is 132 Å². The molecule has 4 heterocycles. The Labute approximate surface area is 268 Å². The van der Waals surface area contributed by atoms with E-state index >= 15 is 0 Å². The molecule has 12 heteroatoms. The summed E-state index contributed by atoms with van der Waals surface area (Å²) in [4.78, 5) is 51.6. The minimum atomic E-state index is -0.395. The molecule has 0 spiro atoms. The van der Waals surface area contributed by atoms with E-state index in [-0.39, 0.29) is 36.6 Å². The Morgan fingerprint density at radius 3 is 2.63 bits per heavy atom. The number of nitrogens with one attached hydrogen (secondary N) is 1. The first kappa shape index (κ1) is 31.3. The highest BCUT2D eigenvalue weighted by molar-refractivity contribution is 5.96. The fourth-order valence-corrected chi connectivity index (χ4v) is 6.04. The lowest BCUT2D eigenvalue weighted by molar-refractivity contribution is -0.141. The van der Waals surface area contributed by atoms with E-state index < -0.39 is 6.10 Å². The van der Waals surface area contributed by atoms with E-state index in [1.807, 2.05) is 17.0 Å². The summed E-state index contributed by atoms with van der Waals surface area (Å²) in [6, 6.07) is 9.14. The molecule has 1 aromatic heterocycles. The van der Waals surface area contributed by atoms with Crippen molar-refractivity contribution >= 4 is 17.7 Å². The van der Waals surface area contributed by atoms with Crippen molar-refractivity contribution in [3.05, 3.63) is 65.7 Å². The zero-order valence-corrected chi connectivity index (χ0v) is 26.0. The molecule has 46 heavy (non-hydrogen) atoms. The van der Waals surface area contributed by atoms with Crippen molar-refractivity contribution in [3.63, 3.8) is 0 Å². The van der Waals surface area contributed by atoms with Crippen LogP contribution in [0.25, 0.3) is 11.1 Å². The van der Waals surface area contributed by atoms with E-state index in [1.54, 1.807) is 30.2 Å². The van der Waals surface area contributed by atoms with E-state index in [4.69, 9.17) is 18.9 Å². The van der Waals surface area contributed by atoms with Gasteiger partial charge in [0.1, 0.15) is 24.2 Å². The predicted molar refractivity (Wildman–Crippen MR) is 168 cm³/mol. The van der Waals surface area contributed by atoms with Crippen LogP contribution in [0.4, 0.5) is 0 Å². The number of nitrogens with zero attached hydrogens (tertiary/aromatic N) is 4. The van der Waals surface area contributed by atoms with Gasteiger partial charge in [-0.3, -0.25) is 19.4 Å². The second-order valence-electron chi connectivity index (χ2n) is 11.5. The van der Waals surface area contributed by atoms with Crippen LogP contribution in [0.1, 0.15) is 58.5 Å². The molecule has 3 aromatic rings. The molecule has 3 aliphatic rings. The van der Waals surface area contributed by atoms with Gasteiger partial charge in [0, 0.05) is 61.9 Å². The van der Waals surface area contributed by atoms with Gasteiger partial charge in [-0.15, -0.1) is 0 Å². The van der Waals surface area contributed by atoms with Crippen molar-refractivity contribution < 1.29 is 33.3 Å². The number of carbonyl (C=O) groups excluding carboxylic acids is 3. The van der Waals surface area contributed by atoms with Crippen molar-refractivity contribution in [3.8, 4) is 28.4 Å². The molecule has 6 rings (SSSR count). The first-order valence-corrected chi connectivity index (χ1v) is 15.9. The fraction of sp³-hybridized carbons (Fsp3) is 0.441. The maximum atomic E-state index is 13.4. The summed E-state index contributed by atoms with van der Waals surface area (Å²) in [5.41, 5.74) is 2.95. The lowest BCUT2D eigenvalue weighted by atomic mass is 9.98. The van der Waals surface area contributed by atoms with Gasteiger partial charge in [0.05, 0.1) is 26.5 Å². The van der Waals surface area contributed by atoms with Gasteiger partial charge < -0.3 is 34.1 Å². The number of amides is 3. The van der Waals surface area contributed by atoms with E-state index in [1.165, 1.54) is 18.6 Å². The average molecular weight is 630 g/mol. The number of fused-ring (bicyclic) bond motifs is 7. The monoisotopic (exact) mass is 629 g/mol. The van der Waals surface area contributed by atoms with Gasteiger partial charge in [0.15, 0.2) is 11.5 Å². The Morgan fingerprint density at radius 1 is 0.935 bits per heavy atom. The Hall–Kier alpha value is -4.71. The quantitative estimate of drug-likeness (QED) is 0.463. The summed E-state index contributed by atoms with van der Waals surface area (Å²) >= 11 is 0. The minimum absolute atomic E-state index is 0.00876. The third kappa shape index (κ3) is 7.07. The maximum Gasteiger partial charge on any atom is 0.274 e. The lowest BCUT2D eigenvalue weighted by Gasteiger charge is -2.25. The normalized spacial score (nSPS) is 19.1. The van der Waals surface area contributed by atoms with Gasteiger partial charge in [0.25, 0.3) is 17.7 Å².